The Hall–Kier alpha value is -1.73. The van der Waals surface area contributed by atoms with Crippen LogP contribution in [0, 0.1) is 58.0 Å². The van der Waals surface area contributed by atoms with Crippen LogP contribution in [0.2, 0.25) is 0 Å². The minimum Gasteiger partial charge on any atom is -0.395 e. The van der Waals surface area contributed by atoms with Gasteiger partial charge in [-0.2, -0.15) is 0 Å². The molecule has 206 valence electrons. The number of hydrazine groups is 1. The van der Waals surface area contributed by atoms with Crippen molar-refractivity contribution in [3.63, 3.8) is 0 Å². The molecule has 0 amide bonds. The summed E-state index contributed by atoms with van der Waals surface area (Å²) in [5.74, 6) is 7.50. The summed E-state index contributed by atoms with van der Waals surface area (Å²) >= 11 is 0. The van der Waals surface area contributed by atoms with E-state index in [1.54, 1.807) is 0 Å². The fourth-order valence-electron chi connectivity index (χ4n) is 9.54. The van der Waals surface area contributed by atoms with Gasteiger partial charge in [0.25, 0.3) is 0 Å². The number of fused-ring (bicyclic) bond motifs is 5. The smallest absolute Gasteiger partial charge is 0.183 e. The second-order valence-electron chi connectivity index (χ2n) is 13.0. The molecule has 7 heteroatoms. The third-order valence-electron chi connectivity index (χ3n) is 11.3. The van der Waals surface area contributed by atoms with Gasteiger partial charge in [0.15, 0.2) is 17.4 Å². The minimum atomic E-state index is -1.12. The minimum absolute atomic E-state index is 0.0414. The Morgan fingerprint density at radius 2 is 1.89 bits per heavy atom. The van der Waals surface area contributed by atoms with Gasteiger partial charge in [0.1, 0.15) is 0 Å². The first-order valence-corrected chi connectivity index (χ1v) is 14.5. The Morgan fingerprint density at radius 3 is 2.65 bits per heavy atom. The number of hydrogen-bond donors (Lipinski definition) is 2. The number of hydrogen-bond acceptors (Lipinski definition) is 5. The van der Waals surface area contributed by atoms with E-state index in [-0.39, 0.29) is 35.0 Å². The van der Waals surface area contributed by atoms with Crippen molar-refractivity contribution in [2.45, 2.75) is 78.6 Å². The van der Waals surface area contributed by atoms with E-state index in [2.05, 4.69) is 20.8 Å². The number of Topliss-reactive ketones (excluding diaryl/α,β-unsaturated/α-hetero) is 1. The molecular formula is C30H45F2N3O2. The number of nitrogens with two attached hydrogens (primary N) is 2. The number of nitrogen functional groups attached to an aromatic ring is 1. The number of rotatable bonds is 7. The Balaban J connectivity index is 1.34. The third-order valence-corrected chi connectivity index (χ3v) is 11.3. The van der Waals surface area contributed by atoms with Crippen LogP contribution in [-0.4, -0.2) is 25.5 Å². The molecule has 6 unspecified atom stereocenters. The van der Waals surface area contributed by atoms with E-state index in [0.29, 0.717) is 23.2 Å². The van der Waals surface area contributed by atoms with Crippen LogP contribution in [0.5, 0.6) is 0 Å². The van der Waals surface area contributed by atoms with Gasteiger partial charge in [-0.1, -0.05) is 20.3 Å². The summed E-state index contributed by atoms with van der Waals surface area (Å²) in [5, 5.41) is 1.19. The van der Waals surface area contributed by atoms with E-state index in [1.165, 1.54) is 49.6 Å². The largest absolute Gasteiger partial charge is 0.395 e. The Bertz CT molecular complexity index is 1020. The predicted octanol–water partition coefficient (Wildman–Crippen LogP) is 6.11. The summed E-state index contributed by atoms with van der Waals surface area (Å²) in [5.41, 5.74) is 5.82. The highest BCUT2D eigenvalue weighted by atomic mass is 19.2. The lowest BCUT2D eigenvalue weighted by atomic mass is 9.44. The van der Waals surface area contributed by atoms with E-state index < -0.39 is 11.6 Å². The molecule has 0 aromatic heterocycles. The van der Waals surface area contributed by atoms with Crippen LogP contribution in [0.15, 0.2) is 12.1 Å². The molecule has 4 aliphatic rings. The fraction of sp³-hybridized carbons (Fsp3) is 0.767. The van der Waals surface area contributed by atoms with Gasteiger partial charge in [0, 0.05) is 12.5 Å². The SMILES string of the molecule is CCOCC12CC[C@H](C)CC1CCC1C2CC[C@]2(C)C(C(=O)CN(N)c3ccc(F)c(F)c3N)CCC12. The maximum absolute atomic E-state index is 14.0. The first-order valence-electron chi connectivity index (χ1n) is 14.5. The second-order valence-corrected chi connectivity index (χ2v) is 13.0. The zero-order chi connectivity index (χ0) is 26.5. The molecule has 37 heavy (non-hydrogen) atoms. The summed E-state index contributed by atoms with van der Waals surface area (Å²) in [6, 6.07) is 2.34. The van der Waals surface area contributed by atoms with E-state index in [9.17, 15) is 13.6 Å². The first kappa shape index (κ1) is 26.9. The number of anilines is 2. The first-order chi connectivity index (χ1) is 17.6. The average molecular weight is 518 g/mol. The zero-order valence-corrected chi connectivity index (χ0v) is 22.8. The average Bonchev–Trinajstić information content (AvgIpc) is 3.23. The topological polar surface area (TPSA) is 81.6 Å². The molecule has 8 atom stereocenters. The molecule has 5 rings (SSSR count). The number of ketones is 1. The van der Waals surface area contributed by atoms with Crippen LogP contribution in [-0.2, 0) is 9.53 Å². The molecule has 5 nitrogen and oxygen atoms in total. The fourth-order valence-corrected chi connectivity index (χ4v) is 9.54. The highest BCUT2D eigenvalue weighted by Gasteiger charge is 2.62. The maximum Gasteiger partial charge on any atom is 0.183 e. The molecule has 4 saturated carbocycles. The van der Waals surface area contributed by atoms with Gasteiger partial charge in [0.2, 0.25) is 0 Å². The molecule has 4 N–H and O–H groups in total. The normalized spacial score (nSPS) is 39.0. The van der Waals surface area contributed by atoms with Gasteiger partial charge in [-0.3, -0.25) is 4.79 Å². The van der Waals surface area contributed by atoms with Crippen LogP contribution in [0.25, 0.3) is 0 Å². The second kappa shape index (κ2) is 10.1. The predicted molar refractivity (Wildman–Crippen MR) is 143 cm³/mol. The summed E-state index contributed by atoms with van der Waals surface area (Å²) in [7, 11) is 0. The van der Waals surface area contributed by atoms with Crippen molar-refractivity contribution in [3.05, 3.63) is 23.8 Å². The lowest BCUT2D eigenvalue weighted by molar-refractivity contribution is -0.157. The summed E-state index contributed by atoms with van der Waals surface area (Å²) in [6.45, 7) is 8.47. The number of benzene rings is 1. The molecule has 1 aromatic carbocycles. The number of ether oxygens (including phenoxy) is 1. The molecule has 4 fully saturated rings. The van der Waals surface area contributed by atoms with Crippen molar-refractivity contribution in [1.82, 2.24) is 0 Å². The van der Waals surface area contributed by atoms with Crippen molar-refractivity contribution < 1.29 is 18.3 Å². The number of nitrogens with zero attached hydrogens (tertiary/aromatic N) is 1. The van der Waals surface area contributed by atoms with Crippen LogP contribution in [0.1, 0.15) is 78.6 Å². The van der Waals surface area contributed by atoms with Gasteiger partial charge in [0.05, 0.1) is 24.5 Å². The molecule has 0 spiro atoms. The summed E-state index contributed by atoms with van der Waals surface area (Å²) < 4.78 is 33.7. The van der Waals surface area contributed by atoms with Crippen LogP contribution >= 0.6 is 0 Å². The van der Waals surface area contributed by atoms with Crippen molar-refractivity contribution >= 4 is 17.2 Å². The van der Waals surface area contributed by atoms with Gasteiger partial charge in [-0.25, -0.2) is 14.6 Å². The van der Waals surface area contributed by atoms with Crippen molar-refractivity contribution in [1.29, 1.82) is 0 Å². The molecule has 0 radical (unpaired) electrons. The summed E-state index contributed by atoms with van der Waals surface area (Å²) in [6.07, 6.45) is 10.7. The lowest BCUT2D eigenvalue weighted by Gasteiger charge is -2.62. The van der Waals surface area contributed by atoms with Gasteiger partial charge < -0.3 is 15.5 Å². The third kappa shape index (κ3) is 4.38. The number of halogens is 2. The van der Waals surface area contributed by atoms with Crippen LogP contribution < -0.4 is 16.6 Å². The zero-order valence-electron chi connectivity index (χ0n) is 22.8. The maximum atomic E-state index is 14.0. The van der Waals surface area contributed by atoms with E-state index in [1.807, 2.05) is 0 Å². The van der Waals surface area contributed by atoms with E-state index in [4.69, 9.17) is 16.3 Å². The lowest BCUT2D eigenvalue weighted by Crippen LogP contribution is -2.57. The van der Waals surface area contributed by atoms with Crippen LogP contribution in [0.4, 0.5) is 20.2 Å². The molecule has 1 aromatic rings. The Morgan fingerprint density at radius 1 is 1.11 bits per heavy atom. The molecular weight excluding hydrogens is 472 g/mol. The van der Waals surface area contributed by atoms with E-state index in [0.717, 1.165) is 50.4 Å². The van der Waals surface area contributed by atoms with E-state index >= 15 is 0 Å². The van der Waals surface area contributed by atoms with Gasteiger partial charge >= 0.3 is 0 Å². The molecule has 0 saturated heterocycles. The molecule has 4 aliphatic carbocycles. The monoisotopic (exact) mass is 517 g/mol. The van der Waals surface area contributed by atoms with Crippen molar-refractivity contribution in [2.75, 3.05) is 30.5 Å². The Labute approximate surface area is 220 Å². The van der Waals surface area contributed by atoms with Gasteiger partial charge in [-0.15, -0.1) is 0 Å². The van der Waals surface area contributed by atoms with Crippen LogP contribution in [0.3, 0.4) is 0 Å². The summed E-state index contributed by atoms with van der Waals surface area (Å²) in [4.78, 5) is 13.6. The molecule has 0 aliphatic heterocycles. The number of carbonyl (C=O) groups is 1. The van der Waals surface area contributed by atoms with Crippen molar-refractivity contribution in [2.24, 2.45) is 52.2 Å². The quantitative estimate of drug-likeness (QED) is 0.259. The van der Waals surface area contributed by atoms with Gasteiger partial charge in [-0.05, 0) is 111 Å². The highest BCUT2D eigenvalue weighted by molar-refractivity contribution is 5.87. The molecule has 0 heterocycles. The molecule has 0 bridgehead atoms. The highest BCUT2D eigenvalue weighted by Crippen LogP contribution is 2.68. The standard InChI is InChI=1S/C30H45F2N3O2/c1-4-37-17-30-14-11-18(2)15-19(30)5-6-20-21-7-8-23(29(21,3)13-12-22(20)30)26(36)16-35(34)25-10-9-24(31)27(32)28(25)33/h9-10,18-23H,4-8,11-17,33-34H2,1-3H3/t18-,19?,20?,21?,22?,23?,29-,30?/m0/s1. The Kier molecular flexibility index (Phi) is 7.34. The van der Waals surface area contributed by atoms with Crippen molar-refractivity contribution in [3.8, 4) is 0 Å². The number of carbonyl (C=O) groups excluding carboxylic acids is 1.